The number of amides is 1. The van der Waals surface area contributed by atoms with Gasteiger partial charge in [0.25, 0.3) is 5.91 Å². The van der Waals surface area contributed by atoms with Gasteiger partial charge in [-0.25, -0.2) is 0 Å². The number of β-amino-alcohol motifs (C(OH)–C–C–N with tert-alkyl or cyclic N) is 1. The lowest BCUT2D eigenvalue weighted by atomic mass is 10.1. The number of likely N-dealkylation sites (tertiary alicyclic amines) is 1. The minimum Gasteiger partial charge on any atom is -0.397 e. The number of H-pyrrole nitrogens is 1. The van der Waals surface area contributed by atoms with Crippen LogP contribution in [-0.2, 0) is 0 Å². The summed E-state index contributed by atoms with van der Waals surface area (Å²) in [6.07, 6.45) is 1.21. The van der Waals surface area contributed by atoms with Crippen molar-refractivity contribution in [2.24, 2.45) is 0 Å². The molecule has 0 saturated carbocycles. The van der Waals surface area contributed by atoms with Gasteiger partial charge in [-0.2, -0.15) is 0 Å². The summed E-state index contributed by atoms with van der Waals surface area (Å²) >= 11 is 0. The van der Waals surface area contributed by atoms with E-state index in [0.717, 1.165) is 0 Å². The van der Waals surface area contributed by atoms with Gasteiger partial charge in [-0.3, -0.25) is 4.79 Å². The maximum Gasteiger partial charge on any atom is 0.270 e. The topological polar surface area (TPSA) is 82.4 Å². The van der Waals surface area contributed by atoms with Crippen LogP contribution in [0.25, 0.3) is 0 Å². The second-order valence-electron chi connectivity index (χ2n) is 3.21. The van der Waals surface area contributed by atoms with Crippen molar-refractivity contribution in [3.8, 4) is 0 Å². The number of carbonyl (C=O) groups excluding carboxylic acids is 1. The highest BCUT2D eigenvalue weighted by molar-refractivity contribution is 5.94. The number of anilines is 1. The standard InChI is InChI=1S/C8H11N3O2/c9-5-1-7(10-2-5)8(13)11-3-6(12)4-11/h1-2,6,10,12H,3-4,9H2. The summed E-state index contributed by atoms with van der Waals surface area (Å²) in [4.78, 5) is 15.9. The third kappa shape index (κ3) is 1.38. The largest absolute Gasteiger partial charge is 0.397 e. The first kappa shape index (κ1) is 8.12. The number of aromatic amines is 1. The molecule has 1 amide bonds. The molecular formula is C8H11N3O2. The number of carbonyl (C=O) groups is 1. The number of nitrogens with two attached hydrogens (primary N) is 1. The van der Waals surface area contributed by atoms with Crippen molar-refractivity contribution >= 4 is 11.6 Å². The quantitative estimate of drug-likeness (QED) is 0.541. The maximum atomic E-state index is 11.5. The number of hydrogen-bond donors (Lipinski definition) is 3. The molecule has 0 bridgehead atoms. The van der Waals surface area contributed by atoms with Gasteiger partial charge in [0, 0.05) is 25.0 Å². The first-order chi connectivity index (χ1) is 6.16. The van der Waals surface area contributed by atoms with Crippen LogP contribution in [0, 0.1) is 0 Å². The number of aliphatic hydroxyl groups is 1. The Bertz CT molecular complexity index is 328. The molecule has 1 aromatic rings. The van der Waals surface area contributed by atoms with Crippen molar-refractivity contribution in [1.29, 1.82) is 0 Å². The lowest BCUT2D eigenvalue weighted by Gasteiger charge is -2.35. The van der Waals surface area contributed by atoms with Crippen LogP contribution in [0.3, 0.4) is 0 Å². The van der Waals surface area contributed by atoms with E-state index in [9.17, 15) is 4.79 Å². The number of aromatic nitrogens is 1. The summed E-state index contributed by atoms with van der Waals surface area (Å²) in [7, 11) is 0. The molecule has 5 nitrogen and oxygen atoms in total. The van der Waals surface area contributed by atoms with Crippen molar-refractivity contribution < 1.29 is 9.90 Å². The molecule has 2 heterocycles. The van der Waals surface area contributed by atoms with Crippen molar-refractivity contribution in [3.05, 3.63) is 18.0 Å². The molecule has 0 aliphatic carbocycles. The number of hydrogen-bond acceptors (Lipinski definition) is 3. The van der Waals surface area contributed by atoms with Gasteiger partial charge in [-0.15, -0.1) is 0 Å². The number of rotatable bonds is 1. The van der Waals surface area contributed by atoms with E-state index >= 15 is 0 Å². The molecule has 0 aromatic carbocycles. The number of aliphatic hydroxyl groups excluding tert-OH is 1. The average Bonchev–Trinajstić information content (AvgIpc) is 2.45. The first-order valence-electron chi connectivity index (χ1n) is 4.08. The molecule has 1 aliphatic rings. The minimum absolute atomic E-state index is 0.109. The monoisotopic (exact) mass is 181 g/mol. The van der Waals surface area contributed by atoms with Gasteiger partial charge < -0.3 is 20.7 Å². The Kier molecular flexibility index (Phi) is 1.73. The van der Waals surface area contributed by atoms with Crippen LogP contribution < -0.4 is 5.73 Å². The summed E-state index contributed by atoms with van der Waals surface area (Å²) in [5.41, 5.74) is 6.47. The molecule has 5 heteroatoms. The minimum atomic E-state index is -0.365. The van der Waals surface area contributed by atoms with Crippen LogP contribution in [-0.4, -0.2) is 40.1 Å². The van der Waals surface area contributed by atoms with Crippen LogP contribution in [0.2, 0.25) is 0 Å². The van der Waals surface area contributed by atoms with E-state index in [0.29, 0.717) is 24.5 Å². The van der Waals surface area contributed by atoms with E-state index in [2.05, 4.69) is 4.98 Å². The maximum absolute atomic E-state index is 11.5. The summed E-state index contributed by atoms with van der Waals surface area (Å²) in [6, 6.07) is 1.59. The van der Waals surface area contributed by atoms with Gasteiger partial charge in [-0.05, 0) is 6.07 Å². The third-order valence-electron chi connectivity index (χ3n) is 2.09. The predicted octanol–water partition coefficient (Wildman–Crippen LogP) is -0.586. The molecule has 1 aromatic heterocycles. The lowest BCUT2D eigenvalue weighted by molar-refractivity contribution is 0.00555. The first-order valence-corrected chi connectivity index (χ1v) is 4.08. The predicted molar refractivity (Wildman–Crippen MR) is 47.1 cm³/mol. The van der Waals surface area contributed by atoms with Crippen LogP contribution in [0.5, 0.6) is 0 Å². The number of nitrogens with one attached hydrogen (secondary N) is 1. The lowest BCUT2D eigenvalue weighted by Crippen LogP contribution is -2.53. The fourth-order valence-corrected chi connectivity index (χ4v) is 1.33. The molecule has 0 atom stereocenters. The molecule has 1 aliphatic heterocycles. The smallest absolute Gasteiger partial charge is 0.270 e. The summed E-state index contributed by atoms with van der Waals surface area (Å²) in [6.45, 7) is 0.829. The van der Waals surface area contributed by atoms with Crippen molar-refractivity contribution in [3.63, 3.8) is 0 Å². The SMILES string of the molecule is Nc1c[nH]c(C(=O)N2CC(O)C2)c1. The highest BCUT2D eigenvalue weighted by Crippen LogP contribution is 2.13. The molecule has 0 radical (unpaired) electrons. The fraction of sp³-hybridized carbons (Fsp3) is 0.375. The molecule has 70 valence electrons. The second-order valence-corrected chi connectivity index (χ2v) is 3.21. The molecule has 1 saturated heterocycles. The van der Waals surface area contributed by atoms with Crippen LogP contribution >= 0.6 is 0 Å². The highest BCUT2D eigenvalue weighted by atomic mass is 16.3. The Labute approximate surface area is 75.1 Å². The summed E-state index contributed by atoms with van der Waals surface area (Å²) < 4.78 is 0. The Morgan fingerprint density at radius 1 is 1.69 bits per heavy atom. The number of nitrogen functional groups attached to an aromatic ring is 1. The fourth-order valence-electron chi connectivity index (χ4n) is 1.33. The highest BCUT2D eigenvalue weighted by Gasteiger charge is 2.29. The Morgan fingerprint density at radius 2 is 2.38 bits per heavy atom. The van der Waals surface area contributed by atoms with Crippen LogP contribution in [0.15, 0.2) is 12.3 Å². The number of nitrogens with zero attached hydrogens (tertiary/aromatic N) is 1. The third-order valence-corrected chi connectivity index (χ3v) is 2.09. The molecule has 2 rings (SSSR count). The average molecular weight is 181 g/mol. The zero-order chi connectivity index (χ0) is 9.42. The van der Waals surface area contributed by atoms with E-state index in [4.69, 9.17) is 10.8 Å². The Balaban J connectivity index is 2.06. The summed E-state index contributed by atoms with van der Waals surface area (Å²) in [5.74, 6) is -0.109. The molecule has 13 heavy (non-hydrogen) atoms. The van der Waals surface area contributed by atoms with Crippen molar-refractivity contribution in [2.75, 3.05) is 18.8 Å². The van der Waals surface area contributed by atoms with Crippen molar-refractivity contribution in [2.45, 2.75) is 6.10 Å². The van der Waals surface area contributed by atoms with Gasteiger partial charge in [0.2, 0.25) is 0 Å². The van der Waals surface area contributed by atoms with E-state index in [-0.39, 0.29) is 12.0 Å². The van der Waals surface area contributed by atoms with E-state index in [1.807, 2.05) is 0 Å². The Hall–Kier alpha value is -1.49. The van der Waals surface area contributed by atoms with Gasteiger partial charge in [-0.1, -0.05) is 0 Å². The molecule has 4 N–H and O–H groups in total. The molecule has 0 spiro atoms. The second kappa shape index (κ2) is 2.77. The zero-order valence-electron chi connectivity index (χ0n) is 7.03. The van der Waals surface area contributed by atoms with E-state index < -0.39 is 0 Å². The molecule has 0 unspecified atom stereocenters. The zero-order valence-corrected chi connectivity index (χ0v) is 7.03. The Morgan fingerprint density at radius 3 is 2.85 bits per heavy atom. The van der Waals surface area contributed by atoms with Gasteiger partial charge in [0.1, 0.15) is 5.69 Å². The molecule has 1 fully saturated rings. The van der Waals surface area contributed by atoms with Crippen LogP contribution in [0.1, 0.15) is 10.5 Å². The summed E-state index contributed by atoms with van der Waals surface area (Å²) in [5, 5.41) is 8.99. The van der Waals surface area contributed by atoms with Gasteiger partial charge in [0.05, 0.1) is 6.10 Å². The molecular weight excluding hydrogens is 170 g/mol. The van der Waals surface area contributed by atoms with E-state index in [1.165, 1.54) is 0 Å². The van der Waals surface area contributed by atoms with E-state index in [1.54, 1.807) is 17.2 Å². The van der Waals surface area contributed by atoms with Crippen molar-refractivity contribution in [1.82, 2.24) is 9.88 Å². The normalized spacial score (nSPS) is 17.2. The van der Waals surface area contributed by atoms with Gasteiger partial charge in [0.15, 0.2) is 0 Å². The van der Waals surface area contributed by atoms with Gasteiger partial charge >= 0.3 is 0 Å². The van der Waals surface area contributed by atoms with Crippen LogP contribution in [0.4, 0.5) is 5.69 Å².